The summed E-state index contributed by atoms with van der Waals surface area (Å²) < 4.78 is 0. The summed E-state index contributed by atoms with van der Waals surface area (Å²) in [7, 11) is 0. The lowest BCUT2D eigenvalue weighted by atomic mass is 10.0. The average molecular weight is 480 g/mol. The normalized spacial score (nSPS) is 18.2. The third-order valence-corrected chi connectivity index (χ3v) is 5.75. The van der Waals surface area contributed by atoms with E-state index in [9.17, 15) is 29.1 Å². The van der Waals surface area contributed by atoms with Gasteiger partial charge >= 0.3 is 5.97 Å². The minimum atomic E-state index is -1.30. The molecule has 0 radical (unpaired) electrons. The first-order valence-electron chi connectivity index (χ1n) is 11.2. The number of primary amides is 1. The Labute approximate surface area is 197 Å². The Morgan fingerprint density at radius 2 is 1.94 bits per heavy atom. The highest BCUT2D eigenvalue weighted by molar-refractivity contribution is 5.94. The van der Waals surface area contributed by atoms with Crippen LogP contribution >= 0.6 is 0 Å². The zero-order chi connectivity index (χ0) is 25.4. The minimum absolute atomic E-state index is 0.0600. The number of likely N-dealkylation sites (tertiary alicyclic amines) is 1. The Morgan fingerprint density at radius 3 is 2.50 bits per heavy atom. The van der Waals surface area contributed by atoms with Crippen molar-refractivity contribution >= 4 is 29.6 Å². The zero-order valence-corrected chi connectivity index (χ0v) is 19.3. The van der Waals surface area contributed by atoms with Gasteiger partial charge in [-0.1, -0.05) is 13.8 Å². The summed E-state index contributed by atoms with van der Waals surface area (Å²) in [6.45, 7) is 3.97. The summed E-state index contributed by atoms with van der Waals surface area (Å²) in [5.74, 6) is -3.79. The molecule has 1 aliphatic heterocycles. The number of hydrogen-bond donors (Lipinski definition) is 6. The molecule has 1 aliphatic rings. The number of nitrogens with two attached hydrogens (primary N) is 2. The number of aromatic amines is 1. The molecule has 2 rings (SSSR count). The molecule has 2 heterocycles. The van der Waals surface area contributed by atoms with Crippen molar-refractivity contribution in [1.82, 2.24) is 25.5 Å². The van der Waals surface area contributed by atoms with Gasteiger partial charge in [0.1, 0.15) is 18.1 Å². The van der Waals surface area contributed by atoms with E-state index in [-0.39, 0.29) is 31.1 Å². The highest BCUT2D eigenvalue weighted by Gasteiger charge is 2.38. The van der Waals surface area contributed by atoms with E-state index in [0.717, 1.165) is 0 Å². The van der Waals surface area contributed by atoms with Gasteiger partial charge < -0.3 is 37.1 Å². The Hall–Kier alpha value is -3.48. The standard InChI is InChI=1S/C21H33N7O6/c1-11(2)17(23)20(32)28-7-3-4-15(28)19(31)26-13(5-6-16(22)29)18(30)27-14(21(33)34)8-12-9-24-10-25-12/h9-11,13-15,17H,3-8,23H2,1-2H3,(H2,22,29)(H,24,25)(H,26,31)(H,27,30)(H,33,34). The lowest BCUT2D eigenvalue weighted by Gasteiger charge is -2.29. The number of aliphatic carboxylic acids is 1. The Kier molecular flexibility index (Phi) is 9.54. The van der Waals surface area contributed by atoms with Gasteiger partial charge in [-0.25, -0.2) is 9.78 Å². The van der Waals surface area contributed by atoms with Gasteiger partial charge in [-0.3, -0.25) is 19.2 Å². The summed E-state index contributed by atoms with van der Waals surface area (Å²) in [4.78, 5) is 69.6. The molecule has 0 saturated carbocycles. The molecule has 13 nitrogen and oxygen atoms in total. The number of carboxylic acid groups (broad SMARTS) is 1. The van der Waals surface area contributed by atoms with E-state index >= 15 is 0 Å². The van der Waals surface area contributed by atoms with Crippen LogP contribution in [-0.2, 0) is 30.4 Å². The van der Waals surface area contributed by atoms with Crippen LogP contribution < -0.4 is 22.1 Å². The monoisotopic (exact) mass is 479 g/mol. The van der Waals surface area contributed by atoms with Crippen LogP contribution in [0.5, 0.6) is 0 Å². The number of amides is 4. The predicted molar refractivity (Wildman–Crippen MR) is 120 cm³/mol. The lowest BCUT2D eigenvalue weighted by Crippen LogP contribution is -2.57. The van der Waals surface area contributed by atoms with Crippen molar-refractivity contribution in [3.8, 4) is 0 Å². The number of carbonyl (C=O) groups is 5. The molecule has 13 heteroatoms. The van der Waals surface area contributed by atoms with Crippen LogP contribution in [0.2, 0.25) is 0 Å². The second-order valence-electron chi connectivity index (χ2n) is 8.71. The molecule has 0 aliphatic carbocycles. The fourth-order valence-corrected chi connectivity index (χ4v) is 3.69. The average Bonchev–Trinajstić information content (AvgIpc) is 3.46. The van der Waals surface area contributed by atoms with Crippen molar-refractivity contribution in [2.24, 2.45) is 17.4 Å². The molecule has 1 aromatic rings. The van der Waals surface area contributed by atoms with Crippen LogP contribution in [0.25, 0.3) is 0 Å². The first-order valence-corrected chi connectivity index (χ1v) is 11.2. The Morgan fingerprint density at radius 1 is 1.24 bits per heavy atom. The third-order valence-electron chi connectivity index (χ3n) is 5.75. The number of nitrogens with one attached hydrogen (secondary N) is 3. The summed E-state index contributed by atoms with van der Waals surface area (Å²) in [6.07, 6.45) is 3.41. The maximum absolute atomic E-state index is 13.0. The van der Waals surface area contributed by atoms with Crippen LogP contribution in [-0.4, -0.2) is 80.3 Å². The van der Waals surface area contributed by atoms with Crippen molar-refractivity contribution in [2.45, 2.75) is 70.1 Å². The number of aromatic nitrogens is 2. The fraction of sp³-hybridized carbons (Fsp3) is 0.619. The van der Waals surface area contributed by atoms with E-state index in [2.05, 4.69) is 20.6 Å². The van der Waals surface area contributed by atoms with Gasteiger partial charge in [0.2, 0.25) is 23.6 Å². The Bertz CT molecular complexity index is 888. The third kappa shape index (κ3) is 7.27. The molecular formula is C21H33N7O6. The number of nitrogens with zero attached hydrogens (tertiary/aromatic N) is 2. The molecule has 4 atom stereocenters. The van der Waals surface area contributed by atoms with Crippen molar-refractivity contribution in [3.05, 3.63) is 18.2 Å². The smallest absolute Gasteiger partial charge is 0.326 e. The second-order valence-corrected chi connectivity index (χ2v) is 8.71. The molecule has 0 bridgehead atoms. The Balaban J connectivity index is 2.12. The first-order chi connectivity index (χ1) is 16.0. The minimum Gasteiger partial charge on any atom is -0.480 e. The van der Waals surface area contributed by atoms with E-state index in [1.807, 2.05) is 0 Å². The van der Waals surface area contributed by atoms with Gasteiger partial charge in [0.05, 0.1) is 12.4 Å². The van der Waals surface area contributed by atoms with E-state index < -0.39 is 47.9 Å². The number of carboxylic acids is 1. The van der Waals surface area contributed by atoms with Crippen LogP contribution in [0.15, 0.2) is 12.5 Å². The van der Waals surface area contributed by atoms with Gasteiger partial charge in [-0.15, -0.1) is 0 Å². The molecule has 1 aromatic heterocycles. The maximum atomic E-state index is 13.0. The van der Waals surface area contributed by atoms with E-state index in [0.29, 0.717) is 25.1 Å². The van der Waals surface area contributed by atoms with E-state index in [1.165, 1.54) is 17.4 Å². The molecule has 1 fully saturated rings. The van der Waals surface area contributed by atoms with E-state index in [4.69, 9.17) is 11.5 Å². The quantitative estimate of drug-likeness (QED) is 0.202. The number of hydrogen-bond acceptors (Lipinski definition) is 7. The summed E-state index contributed by atoms with van der Waals surface area (Å²) in [6, 6.07) is -4.10. The second kappa shape index (κ2) is 12.1. The number of H-pyrrole nitrogens is 1. The molecule has 4 unspecified atom stereocenters. The predicted octanol–water partition coefficient (Wildman–Crippen LogP) is -1.75. The fourth-order valence-electron chi connectivity index (χ4n) is 3.69. The van der Waals surface area contributed by atoms with Crippen LogP contribution in [0.3, 0.4) is 0 Å². The molecule has 8 N–H and O–H groups in total. The first kappa shape index (κ1) is 26.8. The number of rotatable bonds is 12. The molecule has 0 aromatic carbocycles. The maximum Gasteiger partial charge on any atom is 0.326 e. The summed E-state index contributed by atoms with van der Waals surface area (Å²) in [5.41, 5.74) is 11.7. The SMILES string of the molecule is CC(C)C(N)C(=O)N1CCCC1C(=O)NC(CCC(N)=O)C(=O)NC(Cc1cnc[nH]1)C(=O)O. The van der Waals surface area contributed by atoms with Crippen LogP contribution in [0, 0.1) is 5.92 Å². The van der Waals surface area contributed by atoms with E-state index in [1.54, 1.807) is 13.8 Å². The molecule has 1 saturated heterocycles. The van der Waals surface area contributed by atoms with Gasteiger partial charge in [0, 0.05) is 31.3 Å². The van der Waals surface area contributed by atoms with Crippen molar-refractivity contribution < 1.29 is 29.1 Å². The number of carbonyl (C=O) groups excluding carboxylic acids is 4. The summed E-state index contributed by atoms with van der Waals surface area (Å²) in [5, 5.41) is 14.5. The lowest BCUT2D eigenvalue weighted by molar-refractivity contribution is -0.143. The molecular weight excluding hydrogens is 446 g/mol. The van der Waals surface area contributed by atoms with Crippen LogP contribution in [0.1, 0.15) is 45.2 Å². The van der Waals surface area contributed by atoms with Crippen LogP contribution in [0.4, 0.5) is 0 Å². The topological polar surface area (TPSA) is 214 Å². The highest BCUT2D eigenvalue weighted by Crippen LogP contribution is 2.20. The summed E-state index contributed by atoms with van der Waals surface area (Å²) >= 11 is 0. The zero-order valence-electron chi connectivity index (χ0n) is 19.3. The number of imidazole rings is 1. The molecule has 34 heavy (non-hydrogen) atoms. The molecule has 0 spiro atoms. The molecule has 4 amide bonds. The highest BCUT2D eigenvalue weighted by atomic mass is 16.4. The van der Waals surface area contributed by atoms with Crippen molar-refractivity contribution in [1.29, 1.82) is 0 Å². The van der Waals surface area contributed by atoms with Gasteiger partial charge in [-0.2, -0.15) is 0 Å². The molecule has 188 valence electrons. The van der Waals surface area contributed by atoms with Gasteiger partial charge in [0.15, 0.2) is 0 Å². The van der Waals surface area contributed by atoms with Gasteiger partial charge in [0.25, 0.3) is 0 Å². The van der Waals surface area contributed by atoms with Crippen molar-refractivity contribution in [3.63, 3.8) is 0 Å². The van der Waals surface area contributed by atoms with Gasteiger partial charge in [-0.05, 0) is 25.2 Å². The largest absolute Gasteiger partial charge is 0.480 e. The van der Waals surface area contributed by atoms with Crippen molar-refractivity contribution in [2.75, 3.05) is 6.54 Å².